The lowest BCUT2D eigenvalue weighted by Crippen LogP contribution is -2.30. The fraction of sp³-hybridized carbons (Fsp3) is 0.222. The summed E-state index contributed by atoms with van der Waals surface area (Å²) in [5.74, 6) is -0.567. The highest BCUT2D eigenvalue weighted by Crippen LogP contribution is 2.20. The molecular weight excluding hydrogens is 374 g/mol. The summed E-state index contributed by atoms with van der Waals surface area (Å²) >= 11 is 3.32. The Labute approximate surface area is 149 Å². The van der Waals surface area contributed by atoms with Gasteiger partial charge in [-0.05, 0) is 50.2 Å². The van der Waals surface area contributed by atoms with Crippen molar-refractivity contribution in [1.82, 2.24) is 0 Å². The van der Waals surface area contributed by atoms with E-state index in [-0.39, 0.29) is 0 Å². The van der Waals surface area contributed by atoms with Gasteiger partial charge >= 0.3 is 5.97 Å². The van der Waals surface area contributed by atoms with Crippen LogP contribution in [0.3, 0.4) is 0 Å². The zero-order valence-corrected chi connectivity index (χ0v) is 15.0. The number of benzene rings is 2. The molecule has 2 aromatic rings. The Balaban J connectivity index is 2.00. The molecule has 6 heteroatoms. The summed E-state index contributed by atoms with van der Waals surface area (Å²) < 4.78 is 11.6. The third kappa shape index (κ3) is 4.83. The van der Waals surface area contributed by atoms with Crippen molar-refractivity contribution in [3.8, 4) is 5.75 Å². The van der Waals surface area contributed by atoms with Gasteiger partial charge in [0.25, 0.3) is 5.91 Å². The predicted octanol–water partition coefficient (Wildman–Crippen LogP) is 4.03. The number of nitrogens with one attached hydrogen (secondary N) is 1. The van der Waals surface area contributed by atoms with Crippen LogP contribution in [0, 0.1) is 0 Å². The van der Waals surface area contributed by atoms with E-state index in [0.29, 0.717) is 23.6 Å². The van der Waals surface area contributed by atoms with E-state index in [4.69, 9.17) is 9.47 Å². The van der Waals surface area contributed by atoms with Gasteiger partial charge in [0, 0.05) is 10.2 Å². The monoisotopic (exact) mass is 391 g/mol. The summed E-state index contributed by atoms with van der Waals surface area (Å²) in [6, 6.07) is 13.9. The fourth-order valence-corrected chi connectivity index (χ4v) is 2.24. The molecule has 1 N–H and O–H groups in total. The quantitative estimate of drug-likeness (QED) is 0.754. The molecule has 0 aromatic heterocycles. The summed E-state index contributed by atoms with van der Waals surface area (Å²) in [6.07, 6.45) is -0.934. The zero-order valence-electron chi connectivity index (χ0n) is 13.4. The van der Waals surface area contributed by atoms with Gasteiger partial charge in [0.05, 0.1) is 6.61 Å². The summed E-state index contributed by atoms with van der Waals surface area (Å²) in [5.41, 5.74) is 0.920. The number of carbonyl (C=O) groups is 2. The average Bonchev–Trinajstić information content (AvgIpc) is 2.57. The minimum Gasteiger partial charge on any atom is -0.493 e. The molecule has 0 saturated carbocycles. The maximum absolute atomic E-state index is 12.3. The van der Waals surface area contributed by atoms with Crippen molar-refractivity contribution in [2.75, 3.05) is 11.9 Å². The smallest absolute Gasteiger partial charge is 0.342 e. The molecule has 24 heavy (non-hydrogen) atoms. The molecule has 1 unspecified atom stereocenters. The Morgan fingerprint density at radius 2 is 1.79 bits per heavy atom. The lowest BCUT2D eigenvalue weighted by Gasteiger charge is -2.15. The molecule has 0 saturated heterocycles. The van der Waals surface area contributed by atoms with Crippen molar-refractivity contribution in [2.45, 2.75) is 20.0 Å². The van der Waals surface area contributed by atoms with Crippen molar-refractivity contribution in [3.63, 3.8) is 0 Å². The van der Waals surface area contributed by atoms with Gasteiger partial charge in [0.15, 0.2) is 6.10 Å². The summed E-state index contributed by atoms with van der Waals surface area (Å²) in [5, 5.41) is 2.70. The number of rotatable bonds is 6. The minimum atomic E-state index is -0.934. The third-order valence-electron chi connectivity index (χ3n) is 3.17. The van der Waals surface area contributed by atoms with Crippen LogP contribution in [-0.4, -0.2) is 24.6 Å². The number of hydrogen-bond acceptors (Lipinski definition) is 4. The number of carbonyl (C=O) groups excluding carboxylic acids is 2. The first-order chi connectivity index (χ1) is 11.5. The van der Waals surface area contributed by atoms with Crippen LogP contribution >= 0.6 is 15.9 Å². The van der Waals surface area contributed by atoms with E-state index in [2.05, 4.69) is 21.2 Å². The molecule has 0 bridgehead atoms. The Kier molecular flexibility index (Phi) is 6.37. The van der Waals surface area contributed by atoms with Crippen molar-refractivity contribution in [1.29, 1.82) is 0 Å². The molecule has 5 nitrogen and oxygen atoms in total. The minimum absolute atomic E-state index is 0.294. The van der Waals surface area contributed by atoms with Gasteiger partial charge in [-0.2, -0.15) is 0 Å². The van der Waals surface area contributed by atoms with Crippen LogP contribution in [0.15, 0.2) is 53.0 Å². The molecule has 2 aromatic carbocycles. The van der Waals surface area contributed by atoms with E-state index >= 15 is 0 Å². The number of anilines is 1. The van der Waals surface area contributed by atoms with Crippen LogP contribution in [0.5, 0.6) is 5.75 Å². The number of para-hydroxylation sites is 1. The molecule has 0 aliphatic carbocycles. The Hall–Kier alpha value is -2.34. The molecule has 0 heterocycles. The molecule has 2 rings (SSSR count). The van der Waals surface area contributed by atoms with E-state index in [0.717, 1.165) is 4.47 Å². The standard InChI is InChI=1S/C18H18BrNO4/c1-3-23-16-7-5-4-6-15(16)18(22)24-12(2)17(21)20-14-10-8-13(19)9-11-14/h4-12H,3H2,1-2H3,(H,20,21). The topological polar surface area (TPSA) is 64.6 Å². The fourth-order valence-electron chi connectivity index (χ4n) is 1.97. The highest BCUT2D eigenvalue weighted by molar-refractivity contribution is 9.10. The molecule has 0 spiro atoms. The van der Waals surface area contributed by atoms with Crippen molar-refractivity contribution in [3.05, 3.63) is 58.6 Å². The van der Waals surface area contributed by atoms with Crippen LogP contribution in [-0.2, 0) is 9.53 Å². The molecule has 0 fully saturated rings. The van der Waals surface area contributed by atoms with Crippen molar-refractivity contribution >= 4 is 33.5 Å². The number of ether oxygens (including phenoxy) is 2. The first kappa shape index (κ1) is 18.0. The molecule has 0 aliphatic rings. The van der Waals surface area contributed by atoms with Gasteiger partial charge in [0.1, 0.15) is 11.3 Å². The second kappa shape index (κ2) is 8.49. The zero-order chi connectivity index (χ0) is 17.5. The van der Waals surface area contributed by atoms with Crippen molar-refractivity contribution < 1.29 is 19.1 Å². The number of amides is 1. The van der Waals surface area contributed by atoms with Gasteiger partial charge in [-0.15, -0.1) is 0 Å². The second-order valence-electron chi connectivity index (χ2n) is 4.97. The van der Waals surface area contributed by atoms with Crippen LogP contribution in [0.2, 0.25) is 0 Å². The van der Waals surface area contributed by atoms with E-state index < -0.39 is 18.0 Å². The lowest BCUT2D eigenvalue weighted by atomic mass is 10.2. The summed E-state index contributed by atoms with van der Waals surface area (Å²) in [4.78, 5) is 24.4. The van der Waals surface area contributed by atoms with Crippen LogP contribution in [0.1, 0.15) is 24.2 Å². The van der Waals surface area contributed by atoms with Gasteiger partial charge in [-0.3, -0.25) is 4.79 Å². The highest BCUT2D eigenvalue weighted by Gasteiger charge is 2.21. The van der Waals surface area contributed by atoms with Crippen LogP contribution in [0.25, 0.3) is 0 Å². The Morgan fingerprint density at radius 3 is 2.46 bits per heavy atom. The van der Waals surface area contributed by atoms with E-state index in [1.807, 2.05) is 19.1 Å². The Bertz CT molecular complexity index is 715. The van der Waals surface area contributed by atoms with E-state index in [9.17, 15) is 9.59 Å². The molecular formula is C18H18BrNO4. The van der Waals surface area contributed by atoms with Crippen LogP contribution < -0.4 is 10.1 Å². The maximum atomic E-state index is 12.3. The van der Waals surface area contributed by atoms with Gasteiger partial charge in [-0.25, -0.2) is 4.79 Å². The third-order valence-corrected chi connectivity index (χ3v) is 3.70. The molecule has 126 valence electrons. The maximum Gasteiger partial charge on any atom is 0.342 e. The summed E-state index contributed by atoms with van der Waals surface area (Å²) in [7, 11) is 0. The largest absolute Gasteiger partial charge is 0.493 e. The molecule has 1 atom stereocenters. The Morgan fingerprint density at radius 1 is 1.12 bits per heavy atom. The lowest BCUT2D eigenvalue weighted by molar-refractivity contribution is -0.123. The highest BCUT2D eigenvalue weighted by atomic mass is 79.9. The van der Waals surface area contributed by atoms with Crippen LogP contribution in [0.4, 0.5) is 5.69 Å². The number of esters is 1. The summed E-state index contributed by atoms with van der Waals surface area (Å²) in [6.45, 7) is 3.79. The average molecular weight is 392 g/mol. The molecule has 1 amide bonds. The van der Waals surface area contributed by atoms with Gasteiger partial charge in [0.2, 0.25) is 0 Å². The normalized spacial score (nSPS) is 11.5. The second-order valence-corrected chi connectivity index (χ2v) is 5.89. The number of halogens is 1. The SMILES string of the molecule is CCOc1ccccc1C(=O)OC(C)C(=O)Nc1ccc(Br)cc1. The van der Waals surface area contributed by atoms with E-state index in [1.54, 1.807) is 36.4 Å². The van der Waals surface area contributed by atoms with Gasteiger partial charge in [-0.1, -0.05) is 28.1 Å². The molecule has 0 radical (unpaired) electrons. The first-order valence-electron chi connectivity index (χ1n) is 7.50. The van der Waals surface area contributed by atoms with E-state index in [1.165, 1.54) is 6.92 Å². The number of hydrogen-bond donors (Lipinski definition) is 1. The first-order valence-corrected chi connectivity index (χ1v) is 8.29. The molecule has 0 aliphatic heterocycles. The van der Waals surface area contributed by atoms with Crippen molar-refractivity contribution in [2.24, 2.45) is 0 Å². The predicted molar refractivity (Wildman–Crippen MR) is 95.3 cm³/mol. The van der Waals surface area contributed by atoms with Gasteiger partial charge < -0.3 is 14.8 Å².